The molecule has 0 aliphatic rings. The summed E-state index contributed by atoms with van der Waals surface area (Å²) < 4.78 is 30.4. The van der Waals surface area contributed by atoms with Crippen molar-refractivity contribution in [2.24, 2.45) is 0 Å². The first-order valence-electron chi connectivity index (χ1n) is 35.4. The van der Waals surface area contributed by atoms with Crippen molar-refractivity contribution in [3.63, 3.8) is 0 Å². The lowest BCUT2D eigenvalue weighted by atomic mass is 10.0. The number of phosphoric acid groups is 1. The van der Waals surface area contributed by atoms with Crippen LogP contribution in [0.25, 0.3) is 0 Å². The van der Waals surface area contributed by atoms with Gasteiger partial charge in [-0.2, -0.15) is 0 Å². The minimum Gasteiger partial charge on any atom is -0.756 e. The zero-order valence-corrected chi connectivity index (χ0v) is 56.7. The minimum absolute atomic E-state index is 0.0295. The molecule has 0 radical (unpaired) electrons. The second-order valence-corrected chi connectivity index (χ2v) is 26.4. The number of carbonyl (C=O) groups excluding carboxylic acids is 2. The summed E-state index contributed by atoms with van der Waals surface area (Å²) in [7, 11) is 1.17. The quantitative estimate of drug-likeness (QED) is 0.0212. The Morgan fingerprint density at radius 1 is 0.417 bits per heavy atom. The van der Waals surface area contributed by atoms with Crippen molar-refractivity contribution in [2.45, 2.75) is 335 Å². The van der Waals surface area contributed by atoms with Crippen LogP contribution in [0, 0.1) is 0 Å². The lowest BCUT2D eigenvalue weighted by Gasteiger charge is -2.30. The normalized spacial score (nSPS) is 14.0. The third-order valence-corrected chi connectivity index (χ3v) is 16.5. The third-order valence-electron chi connectivity index (χ3n) is 15.5. The summed E-state index contributed by atoms with van der Waals surface area (Å²) in [5.74, 6) is -0.570. The monoisotopic (exact) mass is 1200 g/mol. The van der Waals surface area contributed by atoms with E-state index in [0.29, 0.717) is 23.9 Å². The highest BCUT2D eigenvalue weighted by Gasteiger charge is 2.27. The summed E-state index contributed by atoms with van der Waals surface area (Å²) >= 11 is 0. The number of carbonyl (C=O) groups is 2. The van der Waals surface area contributed by atoms with E-state index in [1.54, 1.807) is 0 Å². The number of nitrogens with one attached hydrogen (secondary N) is 1. The molecular weight excluding hydrogens is 1060 g/mol. The molecule has 10 heteroatoms. The average molecular weight is 1200 g/mol. The van der Waals surface area contributed by atoms with Crippen LogP contribution in [0.3, 0.4) is 0 Å². The van der Waals surface area contributed by atoms with Gasteiger partial charge in [-0.3, -0.25) is 14.2 Å². The summed E-state index contributed by atoms with van der Waals surface area (Å²) in [6, 6.07) is -0.905. The second kappa shape index (κ2) is 63.2. The fraction of sp³-hybridized carbons (Fsp3) is 0.784. The Bertz CT molecular complexity index is 1710. The molecule has 1 amide bonds. The van der Waals surface area contributed by atoms with E-state index in [0.717, 1.165) is 83.5 Å². The van der Waals surface area contributed by atoms with Gasteiger partial charge in [-0.15, -0.1) is 0 Å². The number of nitrogens with zero attached hydrogens (tertiary/aromatic N) is 1. The number of phosphoric ester groups is 1. The van der Waals surface area contributed by atoms with E-state index in [1.165, 1.54) is 199 Å². The number of likely N-dealkylation sites (N-methyl/N-ethyl adjacent to an activating group) is 1. The average Bonchev–Trinajstić information content (AvgIpc) is 3.65. The van der Waals surface area contributed by atoms with Crippen LogP contribution < -0.4 is 10.2 Å². The Morgan fingerprint density at radius 2 is 0.726 bits per heavy atom. The summed E-state index contributed by atoms with van der Waals surface area (Å²) in [6.45, 7) is 6.79. The lowest BCUT2D eigenvalue weighted by Crippen LogP contribution is -2.47. The predicted octanol–water partition coefficient (Wildman–Crippen LogP) is 21.9. The maximum atomic E-state index is 13.6. The Kier molecular flexibility index (Phi) is 61.1. The van der Waals surface area contributed by atoms with E-state index in [4.69, 9.17) is 13.8 Å². The van der Waals surface area contributed by atoms with Gasteiger partial charge in [0.1, 0.15) is 19.3 Å². The van der Waals surface area contributed by atoms with Crippen LogP contribution in [0.1, 0.15) is 323 Å². The molecule has 0 saturated heterocycles. The van der Waals surface area contributed by atoms with Gasteiger partial charge in [0.2, 0.25) is 5.91 Å². The predicted molar refractivity (Wildman–Crippen MR) is 362 cm³/mol. The number of hydrogen-bond donors (Lipinski definition) is 1. The number of hydrogen-bond acceptors (Lipinski definition) is 7. The van der Waals surface area contributed by atoms with Crippen molar-refractivity contribution in [3.8, 4) is 0 Å². The first kappa shape index (κ1) is 81.2. The fourth-order valence-electron chi connectivity index (χ4n) is 10.1. The molecule has 0 aromatic carbocycles. The van der Waals surface area contributed by atoms with Gasteiger partial charge in [-0.25, -0.2) is 0 Å². The molecule has 1 N–H and O–H groups in total. The molecule has 488 valence electrons. The van der Waals surface area contributed by atoms with Crippen LogP contribution in [0.15, 0.2) is 85.1 Å². The zero-order chi connectivity index (χ0) is 61.4. The van der Waals surface area contributed by atoms with Gasteiger partial charge < -0.3 is 28.5 Å². The number of amides is 1. The largest absolute Gasteiger partial charge is 0.756 e. The highest BCUT2D eigenvalue weighted by Crippen LogP contribution is 2.38. The highest BCUT2D eigenvalue weighted by molar-refractivity contribution is 7.45. The van der Waals surface area contributed by atoms with Crippen molar-refractivity contribution < 1.29 is 37.3 Å². The molecule has 0 spiro atoms. The van der Waals surface area contributed by atoms with E-state index in [1.807, 2.05) is 33.3 Å². The van der Waals surface area contributed by atoms with E-state index in [9.17, 15) is 19.0 Å². The molecule has 0 fully saturated rings. The molecule has 0 aromatic heterocycles. The van der Waals surface area contributed by atoms with Crippen LogP contribution >= 0.6 is 7.82 Å². The van der Waals surface area contributed by atoms with Crippen LogP contribution in [-0.2, 0) is 27.9 Å². The van der Waals surface area contributed by atoms with Crippen LogP contribution in [-0.4, -0.2) is 69.4 Å². The lowest BCUT2D eigenvalue weighted by molar-refractivity contribution is -0.870. The summed E-state index contributed by atoms with van der Waals surface area (Å²) in [5, 5.41) is 3.04. The minimum atomic E-state index is -4.71. The highest BCUT2D eigenvalue weighted by atomic mass is 31.2. The van der Waals surface area contributed by atoms with Crippen LogP contribution in [0.2, 0.25) is 0 Å². The maximum absolute atomic E-state index is 13.6. The van der Waals surface area contributed by atoms with Crippen molar-refractivity contribution in [3.05, 3.63) is 85.1 Å². The molecular formula is C74H135N2O7P. The topological polar surface area (TPSA) is 114 Å². The molecule has 0 aliphatic heterocycles. The molecule has 0 rings (SSSR count). The molecule has 0 aromatic rings. The number of unbranched alkanes of at least 4 members (excludes halogenated alkanes) is 36. The summed E-state index contributed by atoms with van der Waals surface area (Å²) in [5.41, 5.74) is 0. The van der Waals surface area contributed by atoms with E-state index in [-0.39, 0.29) is 24.9 Å². The third kappa shape index (κ3) is 63.7. The number of esters is 1. The van der Waals surface area contributed by atoms with Crippen LogP contribution in [0.5, 0.6) is 0 Å². The van der Waals surface area contributed by atoms with Crippen molar-refractivity contribution in [2.75, 3.05) is 40.9 Å². The second-order valence-electron chi connectivity index (χ2n) is 25.0. The molecule has 0 bridgehead atoms. The molecule has 0 saturated carbocycles. The Balaban J connectivity index is 5.07. The fourth-order valence-corrected chi connectivity index (χ4v) is 10.8. The summed E-state index contributed by atoms with van der Waals surface area (Å²) in [6.07, 6.45) is 84.2. The number of quaternary nitrogens is 1. The van der Waals surface area contributed by atoms with Gasteiger partial charge in [0.25, 0.3) is 7.82 Å². The van der Waals surface area contributed by atoms with Gasteiger partial charge in [-0.1, -0.05) is 286 Å². The smallest absolute Gasteiger partial charge is 0.306 e. The Labute approximate surface area is 520 Å². The standard InChI is InChI=1S/C74H135N2O7P/c1-7-10-13-16-19-22-25-28-30-32-34-35-36-37-38-39-40-41-43-44-46-48-51-54-57-60-63-66-73(77)75-71(70-82-84(79,80)81-69-68-76(4,5)6)72(65-62-59-56-53-50-27-24-21-18-15-12-9-3)83-74(78)67-64-61-58-55-52-49-47-45-42-33-31-29-26-23-20-17-14-11-8-2/h19-20,22-23,28-31,42,45,49,52,62,65,71-72H,7-18,21,24-27,32-41,43-44,46-48,50-51,53-61,63-64,66-70H2,1-6H3,(H-,75,77,79,80)/b22-19-,23-20-,30-28-,31-29-,45-42-,52-49-,65-62-. The molecule has 0 heterocycles. The molecule has 0 aliphatic carbocycles. The Morgan fingerprint density at radius 3 is 1.12 bits per heavy atom. The zero-order valence-electron chi connectivity index (χ0n) is 55.8. The van der Waals surface area contributed by atoms with Crippen molar-refractivity contribution >= 4 is 19.7 Å². The van der Waals surface area contributed by atoms with E-state index >= 15 is 0 Å². The molecule has 84 heavy (non-hydrogen) atoms. The Hall–Kier alpha value is -2.81. The molecule has 9 nitrogen and oxygen atoms in total. The first-order valence-corrected chi connectivity index (χ1v) is 36.9. The maximum Gasteiger partial charge on any atom is 0.306 e. The van der Waals surface area contributed by atoms with E-state index < -0.39 is 26.6 Å². The van der Waals surface area contributed by atoms with Gasteiger partial charge in [0, 0.05) is 12.8 Å². The number of allylic oxidation sites excluding steroid dienone is 13. The van der Waals surface area contributed by atoms with Gasteiger partial charge in [-0.05, 0) is 109 Å². The number of rotatable bonds is 64. The molecule has 3 unspecified atom stereocenters. The van der Waals surface area contributed by atoms with Crippen LogP contribution in [0.4, 0.5) is 0 Å². The van der Waals surface area contributed by atoms with Gasteiger partial charge in [0.15, 0.2) is 0 Å². The van der Waals surface area contributed by atoms with Gasteiger partial charge in [0.05, 0.1) is 33.8 Å². The SMILES string of the molecule is CCCCC/C=C\C/C=C\C/C=C\C/C=C\CCCCCC(=O)OC(/C=C\CCCCCCCCCCCC)C(COP(=O)([O-])OCC[N+](C)(C)C)NC(=O)CCCCCCCCCCCCCCCCCCC/C=C\C/C=C\CCCCC. The van der Waals surface area contributed by atoms with Gasteiger partial charge >= 0.3 is 5.97 Å². The molecule has 3 atom stereocenters. The van der Waals surface area contributed by atoms with E-state index in [2.05, 4.69) is 99.0 Å². The van der Waals surface area contributed by atoms with Crippen molar-refractivity contribution in [1.82, 2.24) is 5.32 Å². The first-order chi connectivity index (χ1) is 40.9. The van der Waals surface area contributed by atoms with Crippen molar-refractivity contribution in [1.29, 1.82) is 0 Å². The summed E-state index contributed by atoms with van der Waals surface area (Å²) in [4.78, 5) is 40.1. The number of ether oxygens (including phenoxy) is 1.